The summed E-state index contributed by atoms with van der Waals surface area (Å²) in [5, 5.41) is 2.87. The smallest absolute Gasteiger partial charge is 0.258 e. The van der Waals surface area contributed by atoms with E-state index in [1.807, 2.05) is 56.3 Å². The van der Waals surface area contributed by atoms with Gasteiger partial charge in [-0.3, -0.25) is 4.79 Å². The Morgan fingerprint density at radius 3 is 2.35 bits per heavy atom. The second-order valence-corrected chi connectivity index (χ2v) is 5.29. The Labute approximate surface area is 137 Å². The highest BCUT2D eigenvalue weighted by molar-refractivity contribution is 5.77. The maximum atomic E-state index is 11.9. The van der Waals surface area contributed by atoms with Gasteiger partial charge in [-0.2, -0.15) is 0 Å². The number of nitrogens with one attached hydrogen (secondary N) is 1. The van der Waals surface area contributed by atoms with Gasteiger partial charge in [0.05, 0.1) is 6.61 Å². The molecular formula is C19H23NO3. The maximum Gasteiger partial charge on any atom is 0.258 e. The molecule has 0 radical (unpaired) electrons. The quantitative estimate of drug-likeness (QED) is 0.811. The van der Waals surface area contributed by atoms with Crippen molar-refractivity contribution >= 4 is 5.91 Å². The van der Waals surface area contributed by atoms with E-state index in [0.29, 0.717) is 24.7 Å². The first-order valence-electron chi connectivity index (χ1n) is 7.86. The molecule has 0 bridgehead atoms. The molecule has 0 heterocycles. The van der Waals surface area contributed by atoms with Crippen LogP contribution in [0, 0.1) is 6.92 Å². The Hall–Kier alpha value is -2.49. The van der Waals surface area contributed by atoms with Crippen molar-refractivity contribution in [1.29, 1.82) is 0 Å². The van der Waals surface area contributed by atoms with Crippen molar-refractivity contribution in [3.05, 3.63) is 59.7 Å². The van der Waals surface area contributed by atoms with Crippen LogP contribution in [0.2, 0.25) is 0 Å². The molecule has 0 saturated carbocycles. The van der Waals surface area contributed by atoms with Crippen molar-refractivity contribution in [3.8, 4) is 11.5 Å². The van der Waals surface area contributed by atoms with E-state index in [1.165, 1.54) is 0 Å². The summed E-state index contributed by atoms with van der Waals surface area (Å²) < 4.78 is 11.2. The van der Waals surface area contributed by atoms with E-state index in [4.69, 9.17) is 9.47 Å². The number of ether oxygens (including phenoxy) is 2. The Kier molecular flexibility index (Phi) is 6.48. The molecule has 4 heteroatoms. The van der Waals surface area contributed by atoms with E-state index >= 15 is 0 Å². The summed E-state index contributed by atoms with van der Waals surface area (Å²) in [4.78, 5) is 11.9. The van der Waals surface area contributed by atoms with Gasteiger partial charge < -0.3 is 14.8 Å². The largest absolute Gasteiger partial charge is 0.490 e. The van der Waals surface area contributed by atoms with E-state index in [2.05, 4.69) is 5.32 Å². The summed E-state index contributed by atoms with van der Waals surface area (Å²) >= 11 is 0. The fourth-order valence-electron chi connectivity index (χ4n) is 2.10. The summed E-state index contributed by atoms with van der Waals surface area (Å²) in [6.45, 7) is 5.17. The van der Waals surface area contributed by atoms with E-state index in [1.54, 1.807) is 6.07 Å². The minimum atomic E-state index is -0.154. The first kappa shape index (κ1) is 16.9. The summed E-state index contributed by atoms with van der Waals surface area (Å²) in [6, 6.07) is 15.4. The summed E-state index contributed by atoms with van der Waals surface area (Å²) in [7, 11) is 0. The topological polar surface area (TPSA) is 47.6 Å². The molecule has 0 atom stereocenters. The number of hydrogen-bond donors (Lipinski definition) is 1. The molecule has 0 aliphatic rings. The van der Waals surface area contributed by atoms with Crippen LogP contribution in [0.15, 0.2) is 48.5 Å². The second kappa shape index (κ2) is 8.83. The Morgan fingerprint density at radius 1 is 1.00 bits per heavy atom. The number of aryl methyl sites for hydroxylation is 1. The number of amides is 1. The number of rotatable bonds is 8. The van der Waals surface area contributed by atoms with Gasteiger partial charge in [0.2, 0.25) is 0 Å². The molecular weight excluding hydrogens is 290 g/mol. The van der Waals surface area contributed by atoms with Gasteiger partial charge in [0.25, 0.3) is 5.91 Å². The van der Waals surface area contributed by atoms with Crippen LogP contribution < -0.4 is 14.8 Å². The predicted molar refractivity (Wildman–Crippen MR) is 90.7 cm³/mol. The molecule has 23 heavy (non-hydrogen) atoms. The van der Waals surface area contributed by atoms with Crippen LogP contribution in [-0.4, -0.2) is 19.1 Å². The monoisotopic (exact) mass is 313 g/mol. The van der Waals surface area contributed by atoms with Crippen molar-refractivity contribution in [2.45, 2.75) is 26.8 Å². The third-order valence-corrected chi connectivity index (χ3v) is 3.41. The molecule has 2 aromatic carbocycles. The van der Waals surface area contributed by atoms with Crippen LogP contribution in [0.1, 0.15) is 24.5 Å². The highest BCUT2D eigenvalue weighted by Gasteiger charge is 2.08. The number of carbonyl (C=O) groups is 1. The molecule has 0 spiro atoms. The molecule has 4 nitrogen and oxygen atoms in total. The van der Waals surface area contributed by atoms with Crippen LogP contribution in [0.5, 0.6) is 11.5 Å². The third-order valence-electron chi connectivity index (χ3n) is 3.41. The lowest BCUT2D eigenvalue weighted by Gasteiger charge is -2.12. The Morgan fingerprint density at radius 2 is 1.65 bits per heavy atom. The molecule has 0 fully saturated rings. The zero-order valence-corrected chi connectivity index (χ0v) is 13.7. The summed E-state index contributed by atoms with van der Waals surface area (Å²) in [5.41, 5.74) is 2.26. The van der Waals surface area contributed by atoms with Gasteiger partial charge in [-0.15, -0.1) is 0 Å². The van der Waals surface area contributed by atoms with Gasteiger partial charge in [0.15, 0.2) is 18.1 Å². The minimum absolute atomic E-state index is 0.0294. The SMILES string of the molecule is CCCOc1ccccc1OCC(=O)NCc1ccccc1C. The molecule has 0 aromatic heterocycles. The van der Waals surface area contributed by atoms with Gasteiger partial charge in [-0.25, -0.2) is 0 Å². The zero-order valence-electron chi connectivity index (χ0n) is 13.7. The van der Waals surface area contributed by atoms with Gasteiger partial charge >= 0.3 is 0 Å². The van der Waals surface area contributed by atoms with Crippen LogP contribution in [0.25, 0.3) is 0 Å². The molecule has 0 unspecified atom stereocenters. The van der Waals surface area contributed by atoms with Crippen molar-refractivity contribution in [2.75, 3.05) is 13.2 Å². The highest BCUT2D eigenvalue weighted by atomic mass is 16.5. The summed E-state index contributed by atoms with van der Waals surface area (Å²) in [6.07, 6.45) is 0.922. The average molecular weight is 313 g/mol. The number of hydrogen-bond acceptors (Lipinski definition) is 3. The van der Waals surface area contributed by atoms with Crippen molar-refractivity contribution in [2.24, 2.45) is 0 Å². The first-order valence-corrected chi connectivity index (χ1v) is 7.86. The average Bonchev–Trinajstić information content (AvgIpc) is 2.58. The van der Waals surface area contributed by atoms with Crippen LogP contribution in [0.3, 0.4) is 0 Å². The van der Waals surface area contributed by atoms with Crippen LogP contribution in [-0.2, 0) is 11.3 Å². The van der Waals surface area contributed by atoms with E-state index < -0.39 is 0 Å². The molecule has 2 aromatic rings. The lowest BCUT2D eigenvalue weighted by atomic mass is 10.1. The van der Waals surface area contributed by atoms with Gasteiger partial charge in [0.1, 0.15) is 0 Å². The molecule has 122 valence electrons. The lowest BCUT2D eigenvalue weighted by Crippen LogP contribution is -2.28. The fourth-order valence-corrected chi connectivity index (χ4v) is 2.10. The van der Waals surface area contributed by atoms with E-state index in [0.717, 1.165) is 17.5 Å². The minimum Gasteiger partial charge on any atom is -0.490 e. The number of benzene rings is 2. The maximum absolute atomic E-state index is 11.9. The third kappa shape index (κ3) is 5.33. The second-order valence-electron chi connectivity index (χ2n) is 5.29. The summed E-state index contributed by atoms with van der Waals surface area (Å²) in [5.74, 6) is 1.10. The molecule has 1 N–H and O–H groups in total. The van der Waals surface area contributed by atoms with Crippen LogP contribution in [0.4, 0.5) is 0 Å². The standard InChI is InChI=1S/C19H23NO3/c1-3-12-22-17-10-6-7-11-18(17)23-14-19(21)20-13-16-9-5-4-8-15(16)2/h4-11H,3,12-14H2,1-2H3,(H,20,21). The Balaban J connectivity index is 1.84. The number of carbonyl (C=O) groups excluding carboxylic acids is 1. The molecule has 0 saturated heterocycles. The van der Waals surface area contributed by atoms with Crippen LogP contribution >= 0.6 is 0 Å². The Bertz CT molecular complexity index is 640. The predicted octanol–water partition coefficient (Wildman–Crippen LogP) is 3.48. The highest BCUT2D eigenvalue weighted by Crippen LogP contribution is 2.26. The van der Waals surface area contributed by atoms with Crippen molar-refractivity contribution in [3.63, 3.8) is 0 Å². The molecule has 0 aliphatic carbocycles. The number of para-hydroxylation sites is 2. The fraction of sp³-hybridized carbons (Fsp3) is 0.316. The van der Waals surface area contributed by atoms with Crippen molar-refractivity contribution in [1.82, 2.24) is 5.32 Å². The first-order chi connectivity index (χ1) is 11.2. The van der Waals surface area contributed by atoms with E-state index in [-0.39, 0.29) is 12.5 Å². The normalized spacial score (nSPS) is 10.2. The molecule has 1 amide bonds. The van der Waals surface area contributed by atoms with E-state index in [9.17, 15) is 4.79 Å². The zero-order chi connectivity index (χ0) is 16.5. The molecule has 0 aliphatic heterocycles. The van der Waals surface area contributed by atoms with Gasteiger partial charge in [-0.05, 0) is 36.6 Å². The van der Waals surface area contributed by atoms with Gasteiger partial charge in [0, 0.05) is 6.54 Å². The lowest BCUT2D eigenvalue weighted by molar-refractivity contribution is -0.123. The van der Waals surface area contributed by atoms with Crippen molar-refractivity contribution < 1.29 is 14.3 Å². The van der Waals surface area contributed by atoms with Gasteiger partial charge in [-0.1, -0.05) is 43.3 Å². The molecule has 2 rings (SSSR count).